The highest BCUT2D eigenvalue weighted by atomic mass is 32.2. The molecule has 0 spiro atoms. The van der Waals surface area contributed by atoms with Crippen LogP contribution in [0.5, 0.6) is 11.5 Å². The number of nitrogens with zero attached hydrogens (tertiary/aromatic N) is 4. The molecular weight excluding hydrogens is 384 g/mol. The Labute approximate surface area is 173 Å². The SMILES string of the molecule is COc1ccc(C2=Nn3c(COc4ccc5c(c4)CCCC5)nnc3SC2)cc1. The standard InChI is InChI=1S/C22H22N4O2S/c1-27-18-9-7-16(8-10-18)20-14-29-22-24-23-21(26(22)25-20)13-28-19-11-6-15-4-2-3-5-17(15)12-19/h6-12H,2-5,13-14H2,1H3. The first-order chi connectivity index (χ1) is 14.3. The van der Waals surface area contributed by atoms with E-state index in [1.165, 1.54) is 30.4 Å². The van der Waals surface area contributed by atoms with Crippen molar-refractivity contribution in [2.75, 3.05) is 12.9 Å². The van der Waals surface area contributed by atoms with Gasteiger partial charge in [-0.1, -0.05) is 17.8 Å². The molecular formula is C22H22N4O2S. The molecule has 3 aromatic rings. The number of rotatable bonds is 5. The fourth-order valence-corrected chi connectivity index (χ4v) is 4.59. The van der Waals surface area contributed by atoms with Crippen molar-refractivity contribution < 1.29 is 9.47 Å². The molecule has 0 unspecified atom stereocenters. The minimum atomic E-state index is 0.339. The fourth-order valence-electron chi connectivity index (χ4n) is 3.73. The third-order valence-corrected chi connectivity index (χ3v) is 6.28. The van der Waals surface area contributed by atoms with Crippen LogP contribution in [-0.2, 0) is 19.4 Å². The molecule has 1 aromatic heterocycles. The van der Waals surface area contributed by atoms with E-state index in [-0.39, 0.29) is 0 Å². The third kappa shape index (κ3) is 3.74. The van der Waals surface area contributed by atoms with Crippen LogP contribution in [0.15, 0.2) is 52.7 Å². The van der Waals surface area contributed by atoms with Crippen molar-refractivity contribution in [3.8, 4) is 11.5 Å². The van der Waals surface area contributed by atoms with Gasteiger partial charge in [0.25, 0.3) is 0 Å². The average Bonchev–Trinajstić information content (AvgIpc) is 3.20. The van der Waals surface area contributed by atoms with Crippen LogP contribution >= 0.6 is 11.8 Å². The number of aryl methyl sites for hydroxylation is 2. The molecule has 0 bridgehead atoms. The Bertz CT molecular complexity index is 1060. The van der Waals surface area contributed by atoms with E-state index in [1.807, 2.05) is 24.3 Å². The van der Waals surface area contributed by atoms with Crippen molar-refractivity contribution in [2.45, 2.75) is 37.4 Å². The number of benzene rings is 2. The molecule has 0 radical (unpaired) electrons. The van der Waals surface area contributed by atoms with Crippen molar-refractivity contribution >= 4 is 17.5 Å². The number of aromatic nitrogens is 3. The maximum atomic E-state index is 6.04. The second-order valence-electron chi connectivity index (χ2n) is 7.20. The van der Waals surface area contributed by atoms with Gasteiger partial charge in [-0.2, -0.15) is 9.78 Å². The van der Waals surface area contributed by atoms with Gasteiger partial charge in [-0.3, -0.25) is 0 Å². The molecule has 29 heavy (non-hydrogen) atoms. The summed E-state index contributed by atoms with van der Waals surface area (Å²) >= 11 is 1.63. The first kappa shape index (κ1) is 18.2. The Morgan fingerprint density at radius 2 is 1.76 bits per heavy atom. The van der Waals surface area contributed by atoms with E-state index in [2.05, 4.69) is 28.4 Å². The van der Waals surface area contributed by atoms with E-state index >= 15 is 0 Å². The van der Waals surface area contributed by atoms with Crippen LogP contribution in [0, 0.1) is 0 Å². The molecule has 1 aliphatic heterocycles. The third-order valence-electron chi connectivity index (χ3n) is 5.35. The molecule has 2 aromatic carbocycles. The lowest BCUT2D eigenvalue weighted by molar-refractivity contribution is 0.289. The van der Waals surface area contributed by atoms with Gasteiger partial charge >= 0.3 is 0 Å². The van der Waals surface area contributed by atoms with Crippen LogP contribution in [0.1, 0.15) is 35.4 Å². The van der Waals surface area contributed by atoms with Crippen LogP contribution in [-0.4, -0.2) is 33.4 Å². The molecule has 0 amide bonds. The minimum absolute atomic E-state index is 0.339. The van der Waals surface area contributed by atoms with Crippen LogP contribution in [0.25, 0.3) is 0 Å². The highest BCUT2D eigenvalue weighted by molar-refractivity contribution is 7.99. The van der Waals surface area contributed by atoms with Gasteiger partial charge in [0.2, 0.25) is 5.16 Å². The zero-order valence-electron chi connectivity index (χ0n) is 16.3. The number of hydrogen-bond donors (Lipinski definition) is 0. The number of fused-ring (bicyclic) bond motifs is 2. The van der Waals surface area contributed by atoms with Gasteiger partial charge in [0.05, 0.1) is 12.8 Å². The molecule has 2 aliphatic rings. The summed E-state index contributed by atoms with van der Waals surface area (Å²) in [6.45, 7) is 0.339. The maximum absolute atomic E-state index is 6.04. The molecule has 7 heteroatoms. The Morgan fingerprint density at radius 1 is 0.966 bits per heavy atom. The summed E-state index contributed by atoms with van der Waals surface area (Å²) in [5.74, 6) is 3.18. The molecule has 0 saturated carbocycles. The summed E-state index contributed by atoms with van der Waals surface area (Å²) in [5.41, 5.74) is 4.92. The average molecular weight is 407 g/mol. The Morgan fingerprint density at radius 3 is 2.59 bits per heavy atom. The maximum Gasteiger partial charge on any atom is 0.212 e. The predicted octanol–water partition coefficient (Wildman–Crippen LogP) is 4.10. The topological polar surface area (TPSA) is 61.5 Å². The number of thioether (sulfide) groups is 1. The zero-order chi connectivity index (χ0) is 19.6. The summed E-state index contributed by atoms with van der Waals surface area (Å²) in [6, 6.07) is 14.4. The molecule has 0 N–H and O–H groups in total. The van der Waals surface area contributed by atoms with Crippen molar-refractivity contribution in [3.63, 3.8) is 0 Å². The van der Waals surface area contributed by atoms with Crippen LogP contribution in [0.3, 0.4) is 0 Å². The van der Waals surface area contributed by atoms with Crippen molar-refractivity contribution in [2.24, 2.45) is 5.10 Å². The molecule has 0 fully saturated rings. The Balaban J connectivity index is 1.34. The largest absolute Gasteiger partial charge is 0.497 e. The van der Waals surface area contributed by atoms with Crippen molar-refractivity contribution in [1.82, 2.24) is 14.9 Å². The summed E-state index contributed by atoms with van der Waals surface area (Å²) < 4.78 is 13.1. The summed E-state index contributed by atoms with van der Waals surface area (Å²) in [5, 5.41) is 14.1. The van der Waals surface area contributed by atoms with Gasteiger partial charge < -0.3 is 9.47 Å². The van der Waals surface area contributed by atoms with Gasteiger partial charge in [0, 0.05) is 5.75 Å². The number of methoxy groups -OCH3 is 1. The highest BCUT2D eigenvalue weighted by Crippen LogP contribution is 2.27. The summed E-state index contributed by atoms with van der Waals surface area (Å²) in [4.78, 5) is 0. The lowest BCUT2D eigenvalue weighted by Gasteiger charge is -2.17. The lowest BCUT2D eigenvalue weighted by atomic mass is 9.92. The van der Waals surface area contributed by atoms with E-state index in [9.17, 15) is 0 Å². The first-order valence-electron chi connectivity index (χ1n) is 9.84. The van der Waals surface area contributed by atoms with Crippen LogP contribution in [0.2, 0.25) is 0 Å². The van der Waals surface area contributed by atoms with Gasteiger partial charge in [0.1, 0.15) is 18.1 Å². The Hall–Kier alpha value is -2.80. The monoisotopic (exact) mass is 406 g/mol. The van der Waals surface area contributed by atoms with E-state index in [1.54, 1.807) is 23.5 Å². The molecule has 0 atom stereocenters. The van der Waals surface area contributed by atoms with Gasteiger partial charge in [-0.05, 0) is 78.8 Å². The molecule has 5 rings (SSSR count). The number of ether oxygens (including phenoxy) is 2. The second-order valence-corrected chi connectivity index (χ2v) is 8.14. The molecule has 0 saturated heterocycles. The predicted molar refractivity (Wildman–Crippen MR) is 113 cm³/mol. The van der Waals surface area contributed by atoms with E-state index in [0.717, 1.165) is 40.1 Å². The highest BCUT2D eigenvalue weighted by Gasteiger charge is 2.20. The van der Waals surface area contributed by atoms with E-state index < -0.39 is 0 Å². The van der Waals surface area contributed by atoms with Gasteiger partial charge in [-0.25, -0.2) is 0 Å². The fraction of sp³-hybridized carbons (Fsp3) is 0.318. The van der Waals surface area contributed by atoms with Crippen molar-refractivity contribution in [1.29, 1.82) is 0 Å². The zero-order valence-corrected chi connectivity index (χ0v) is 17.1. The van der Waals surface area contributed by atoms with E-state index in [0.29, 0.717) is 12.4 Å². The summed E-state index contributed by atoms with van der Waals surface area (Å²) in [7, 11) is 1.67. The quantitative estimate of drug-likeness (QED) is 0.638. The normalized spacial score (nSPS) is 15.3. The minimum Gasteiger partial charge on any atom is -0.497 e. The Kier molecular flexibility index (Phi) is 4.97. The molecule has 148 valence electrons. The lowest BCUT2D eigenvalue weighted by Crippen LogP contribution is -2.15. The van der Waals surface area contributed by atoms with Crippen molar-refractivity contribution in [3.05, 3.63) is 65.0 Å². The molecule has 6 nitrogen and oxygen atoms in total. The molecule has 1 aliphatic carbocycles. The summed E-state index contributed by atoms with van der Waals surface area (Å²) in [6.07, 6.45) is 4.85. The number of hydrogen-bond acceptors (Lipinski definition) is 6. The first-order valence-corrected chi connectivity index (χ1v) is 10.8. The van der Waals surface area contributed by atoms with Gasteiger partial charge in [-0.15, -0.1) is 10.2 Å². The molecule has 2 heterocycles. The van der Waals surface area contributed by atoms with Gasteiger partial charge in [0.15, 0.2) is 5.82 Å². The van der Waals surface area contributed by atoms with Crippen LogP contribution in [0.4, 0.5) is 0 Å². The van der Waals surface area contributed by atoms with E-state index in [4.69, 9.17) is 14.6 Å². The smallest absolute Gasteiger partial charge is 0.212 e. The van der Waals surface area contributed by atoms with Crippen LogP contribution < -0.4 is 9.47 Å². The second kappa shape index (κ2) is 7.91.